The number of aromatic nitrogens is 1. The summed E-state index contributed by atoms with van der Waals surface area (Å²) in [6.45, 7) is 1.93. The highest BCUT2D eigenvalue weighted by Crippen LogP contribution is 2.29. The zero-order chi connectivity index (χ0) is 11.8. The Bertz CT molecular complexity index is 688. The highest BCUT2D eigenvalue weighted by Gasteiger charge is 2.07. The molecule has 1 aromatic carbocycles. The molecule has 2 heterocycles. The minimum Gasteiger partial charge on any atom is -0.461 e. The first kappa shape index (κ1) is 10.4. The zero-order valence-electron chi connectivity index (χ0n) is 9.27. The maximum atomic E-state index is 5.96. The van der Waals surface area contributed by atoms with Crippen LogP contribution < -0.4 is 0 Å². The lowest BCUT2D eigenvalue weighted by atomic mass is 10.1. The summed E-state index contributed by atoms with van der Waals surface area (Å²) in [5.41, 5.74) is 1.92. The Morgan fingerprint density at radius 3 is 2.76 bits per heavy atom. The van der Waals surface area contributed by atoms with Crippen molar-refractivity contribution in [2.24, 2.45) is 0 Å². The average molecular weight is 244 g/mol. The maximum Gasteiger partial charge on any atom is 0.134 e. The molecule has 3 rings (SSSR count). The Balaban J connectivity index is 2.30. The van der Waals surface area contributed by atoms with E-state index in [0.29, 0.717) is 5.02 Å². The van der Waals surface area contributed by atoms with Crippen LogP contribution in [-0.4, -0.2) is 4.98 Å². The minimum absolute atomic E-state index is 0.692. The second-order valence-electron chi connectivity index (χ2n) is 3.93. The Kier molecular flexibility index (Phi) is 2.37. The summed E-state index contributed by atoms with van der Waals surface area (Å²) in [5.74, 6) is 1.76. The largest absolute Gasteiger partial charge is 0.461 e. The third-order valence-corrected chi connectivity index (χ3v) is 2.95. The standard InChI is InChI=1S/C14H10ClNO/c1-9-2-5-14(17-9)12-6-7-16-13-8-10(15)3-4-11(12)13/h2-8H,1H3. The van der Waals surface area contributed by atoms with Gasteiger partial charge < -0.3 is 4.42 Å². The molecule has 0 atom stereocenters. The van der Waals surface area contributed by atoms with Crippen molar-refractivity contribution in [1.82, 2.24) is 4.98 Å². The van der Waals surface area contributed by atoms with E-state index in [9.17, 15) is 0 Å². The van der Waals surface area contributed by atoms with Crippen LogP contribution in [0.1, 0.15) is 5.76 Å². The molecule has 3 heteroatoms. The van der Waals surface area contributed by atoms with Gasteiger partial charge in [-0.3, -0.25) is 4.98 Å². The molecule has 0 aliphatic carbocycles. The van der Waals surface area contributed by atoms with Gasteiger partial charge in [0, 0.05) is 22.2 Å². The summed E-state index contributed by atoms with van der Waals surface area (Å²) in [4.78, 5) is 4.31. The van der Waals surface area contributed by atoms with Gasteiger partial charge in [0.05, 0.1) is 5.52 Å². The Morgan fingerprint density at radius 1 is 1.12 bits per heavy atom. The molecule has 0 N–H and O–H groups in total. The number of pyridine rings is 1. The number of rotatable bonds is 1. The molecular weight excluding hydrogens is 234 g/mol. The molecule has 0 bridgehead atoms. The number of aryl methyl sites for hydroxylation is 1. The quantitative estimate of drug-likeness (QED) is 0.631. The molecule has 0 amide bonds. The molecule has 17 heavy (non-hydrogen) atoms. The first-order chi connectivity index (χ1) is 8.24. The maximum absolute atomic E-state index is 5.96. The molecule has 0 aliphatic rings. The number of fused-ring (bicyclic) bond motifs is 1. The number of hydrogen-bond acceptors (Lipinski definition) is 2. The van der Waals surface area contributed by atoms with E-state index in [1.54, 1.807) is 6.20 Å². The van der Waals surface area contributed by atoms with Gasteiger partial charge >= 0.3 is 0 Å². The fraction of sp³-hybridized carbons (Fsp3) is 0.0714. The highest BCUT2D eigenvalue weighted by molar-refractivity contribution is 6.31. The second kappa shape index (κ2) is 3.90. The van der Waals surface area contributed by atoms with Crippen molar-refractivity contribution in [2.75, 3.05) is 0 Å². The molecule has 0 fully saturated rings. The van der Waals surface area contributed by atoms with Crippen LogP contribution in [0, 0.1) is 6.92 Å². The Labute approximate surface area is 104 Å². The lowest BCUT2D eigenvalue weighted by Crippen LogP contribution is -1.82. The van der Waals surface area contributed by atoms with Crippen molar-refractivity contribution in [1.29, 1.82) is 0 Å². The SMILES string of the molecule is Cc1ccc(-c2ccnc3cc(Cl)ccc23)o1. The number of halogens is 1. The molecule has 0 radical (unpaired) electrons. The molecule has 0 spiro atoms. The second-order valence-corrected chi connectivity index (χ2v) is 4.37. The molecular formula is C14H10ClNO. The van der Waals surface area contributed by atoms with Crippen molar-refractivity contribution in [3.8, 4) is 11.3 Å². The Hall–Kier alpha value is -1.80. The normalized spacial score (nSPS) is 10.9. The lowest BCUT2D eigenvalue weighted by Gasteiger charge is -2.03. The van der Waals surface area contributed by atoms with Crippen LogP contribution in [0.4, 0.5) is 0 Å². The third-order valence-electron chi connectivity index (χ3n) is 2.71. The van der Waals surface area contributed by atoms with Crippen LogP contribution in [0.5, 0.6) is 0 Å². The van der Waals surface area contributed by atoms with E-state index >= 15 is 0 Å². The van der Waals surface area contributed by atoms with Crippen LogP contribution in [0.15, 0.2) is 47.0 Å². The lowest BCUT2D eigenvalue weighted by molar-refractivity contribution is 0.549. The number of benzene rings is 1. The van der Waals surface area contributed by atoms with Crippen LogP contribution in [0.25, 0.3) is 22.2 Å². The van der Waals surface area contributed by atoms with Gasteiger partial charge in [-0.05, 0) is 37.3 Å². The van der Waals surface area contributed by atoms with Gasteiger partial charge in [-0.1, -0.05) is 17.7 Å². The summed E-state index contributed by atoms with van der Waals surface area (Å²) in [5, 5.41) is 1.74. The zero-order valence-corrected chi connectivity index (χ0v) is 10.0. The molecule has 0 unspecified atom stereocenters. The summed E-state index contributed by atoms with van der Waals surface area (Å²) < 4.78 is 5.65. The van der Waals surface area contributed by atoms with Crippen LogP contribution in [0.2, 0.25) is 5.02 Å². The van der Waals surface area contributed by atoms with Gasteiger partial charge in [-0.15, -0.1) is 0 Å². The highest BCUT2D eigenvalue weighted by atomic mass is 35.5. The minimum atomic E-state index is 0.692. The monoisotopic (exact) mass is 243 g/mol. The molecule has 3 aromatic rings. The fourth-order valence-electron chi connectivity index (χ4n) is 1.92. The first-order valence-electron chi connectivity index (χ1n) is 5.35. The number of nitrogens with zero attached hydrogens (tertiary/aromatic N) is 1. The predicted octanol–water partition coefficient (Wildman–Crippen LogP) is 4.46. The third kappa shape index (κ3) is 1.81. The topological polar surface area (TPSA) is 26.0 Å². The summed E-state index contributed by atoms with van der Waals surface area (Å²) in [6.07, 6.45) is 1.77. The van der Waals surface area contributed by atoms with E-state index in [1.165, 1.54) is 0 Å². The van der Waals surface area contributed by atoms with Crippen LogP contribution >= 0.6 is 11.6 Å². The van der Waals surface area contributed by atoms with Crippen LogP contribution in [0.3, 0.4) is 0 Å². The smallest absolute Gasteiger partial charge is 0.134 e. The molecule has 0 saturated heterocycles. The van der Waals surface area contributed by atoms with Gasteiger partial charge in [-0.2, -0.15) is 0 Å². The van der Waals surface area contributed by atoms with E-state index in [1.807, 2.05) is 43.3 Å². The van der Waals surface area contributed by atoms with Gasteiger partial charge in [0.1, 0.15) is 11.5 Å². The van der Waals surface area contributed by atoms with Crippen LogP contribution in [-0.2, 0) is 0 Å². The van der Waals surface area contributed by atoms with E-state index in [2.05, 4.69) is 4.98 Å². The molecule has 2 aromatic heterocycles. The molecule has 0 aliphatic heterocycles. The van der Waals surface area contributed by atoms with Crippen molar-refractivity contribution in [3.63, 3.8) is 0 Å². The van der Waals surface area contributed by atoms with Gasteiger partial charge in [-0.25, -0.2) is 0 Å². The van der Waals surface area contributed by atoms with Gasteiger partial charge in [0.15, 0.2) is 0 Å². The van der Waals surface area contributed by atoms with Crippen molar-refractivity contribution < 1.29 is 4.42 Å². The van der Waals surface area contributed by atoms with Crippen molar-refractivity contribution in [2.45, 2.75) is 6.92 Å². The van der Waals surface area contributed by atoms with E-state index in [-0.39, 0.29) is 0 Å². The number of furan rings is 1. The molecule has 84 valence electrons. The summed E-state index contributed by atoms with van der Waals surface area (Å²) in [6, 6.07) is 11.6. The Morgan fingerprint density at radius 2 is 2.00 bits per heavy atom. The van der Waals surface area contributed by atoms with E-state index < -0.39 is 0 Å². The molecule has 2 nitrogen and oxygen atoms in total. The van der Waals surface area contributed by atoms with Gasteiger partial charge in [0.25, 0.3) is 0 Å². The first-order valence-corrected chi connectivity index (χ1v) is 5.73. The number of hydrogen-bond donors (Lipinski definition) is 0. The van der Waals surface area contributed by atoms with Crippen molar-refractivity contribution >= 4 is 22.5 Å². The average Bonchev–Trinajstić information content (AvgIpc) is 2.74. The van der Waals surface area contributed by atoms with E-state index in [0.717, 1.165) is 28.0 Å². The van der Waals surface area contributed by atoms with Gasteiger partial charge in [0.2, 0.25) is 0 Å². The van der Waals surface area contributed by atoms with Crippen molar-refractivity contribution in [3.05, 3.63) is 53.4 Å². The molecule has 0 saturated carbocycles. The van der Waals surface area contributed by atoms with E-state index in [4.69, 9.17) is 16.0 Å². The summed E-state index contributed by atoms with van der Waals surface area (Å²) >= 11 is 5.96. The summed E-state index contributed by atoms with van der Waals surface area (Å²) in [7, 11) is 0. The predicted molar refractivity (Wildman–Crippen MR) is 69.2 cm³/mol. The fourth-order valence-corrected chi connectivity index (χ4v) is 2.08.